The Kier molecular flexibility index (Phi) is 4.77. The number of aliphatic hydroxyl groups is 1. The van der Waals surface area contributed by atoms with Crippen LogP contribution in [0.25, 0.3) is 0 Å². The Bertz CT molecular complexity index is 585. The van der Waals surface area contributed by atoms with E-state index in [-0.39, 0.29) is 40.8 Å². The van der Waals surface area contributed by atoms with Gasteiger partial charge in [0, 0.05) is 24.2 Å². The van der Waals surface area contributed by atoms with E-state index in [4.69, 9.17) is 0 Å². The monoisotopic (exact) mass is 381 g/mol. The minimum absolute atomic E-state index is 0.0331. The van der Waals surface area contributed by atoms with Crippen LogP contribution in [0.2, 0.25) is 0 Å². The molecule has 4 bridgehead atoms. The average molecular weight is 382 g/mol. The SMILES string of the molecule is CSC(=O)NC12C[C@@H]3C[C@@H](C1)CC(C(=O)N[C@@H]1C[C@@H](CO)N(C)C1)(C3)C2. The van der Waals surface area contributed by atoms with Crippen LogP contribution in [0.15, 0.2) is 0 Å². The maximum absolute atomic E-state index is 13.3. The van der Waals surface area contributed by atoms with E-state index in [1.54, 1.807) is 0 Å². The van der Waals surface area contributed by atoms with E-state index >= 15 is 0 Å². The van der Waals surface area contributed by atoms with Crippen LogP contribution in [0, 0.1) is 17.3 Å². The van der Waals surface area contributed by atoms with Crippen molar-refractivity contribution in [2.45, 2.75) is 62.6 Å². The van der Waals surface area contributed by atoms with Crippen molar-refractivity contribution in [1.82, 2.24) is 15.5 Å². The molecule has 5 aliphatic rings. The molecular weight excluding hydrogens is 350 g/mol. The van der Waals surface area contributed by atoms with Crippen LogP contribution in [0.1, 0.15) is 44.9 Å². The molecule has 1 heterocycles. The summed E-state index contributed by atoms with van der Waals surface area (Å²) in [5, 5.41) is 16.1. The quantitative estimate of drug-likeness (QED) is 0.689. The molecule has 4 saturated carbocycles. The Morgan fingerprint density at radius 3 is 2.46 bits per heavy atom. The number of likely N-dealkylation sites (N-methyl/N-ethyl adjacent to an activating group) is 1. The van der Waals surface area contributed by atoms with Gasteiger partial charge in [-0.3, -0.25) is 14.5 Å². The zero-order valence-corrected chi connectivity index (χ0v) is 16.6. The fourth-order valence-corrected chi connectivity index (χ4v) is 7.00. The smallest absolute Gasteiger partial charge is 0.279 e. The third-order valence-electron chi connectivity index (χ3n) is 7.33. The van der Waals surface area contributed by atoms with Crippen LogP contribution in [0.3, 0.4) is 0 Å². The molecule has 0 aromatic rings. The van der Waals surface area contributed by atoms with E-state index in [9.17, 15) is 14.7 Å². The first kappa shape index (κ1) is 18.6. The van der Waals surface area contributed by atoms with Gasteiger partial charge in [0.2, 0.25) is 5.91 Å². The summed E-state index contributed by atoms with van der Waals surface area (Å²) in [6.07, 6.45) is 8.63. The zero-order chi connectivity index (χ0) is 18.5. The lowest BCUT2D eigenvalue weighted by Crippen LogP contribution is -2.66. The summed E-state index contributed by atoms with van der Waals surface area (Å²) in [6, 6.07) is 0.262. The highest BCUT2D eigenvalue weighted by Gasteiger charge is 2.61. The van der Waals surface area contributed by atoms with Crippen molar-refractivity contribution in [3.8, 4) is 0 Å². The minimum Gasteiger partial charge on any atom is -0.395 e. The Morgan fingerprint density at radius 1 is 1.19 bits per heavy atom. The van der Waals surface area contributed by atoms with Gasteiger partial charge >= 0.3 is 0 Å². The maximum atomic E-state index is 13.3. The highest BCUT2D eigenvalue weighted by Crippen LogP contribution is 2.61. The highest BCUT2D eigenvalue weighted by molar-refractivity contribution is 8.12. The summed E-state index contributed by atoms with van der Waals surface area (Å²) in [5.74, 6) is 1.30. The van der Waals surface area contributed by atoms with E-state index in [1.807, 2.05) is 13.3 Å². The van der Waals surface area contributed by atoms with E-state index in [0.29, 0.717) is 11.8 Å². The molecule has 3 N–H and O–H groups in total. The molecule has 4 atom stereocenters. The molecule has 146 valence electrons. The van der Waals surface area contributed by atoms with Gasteiger partial charge in [-0.2, -0.15) is 0 Å². The highest BCUT2D eigenvalue weighted by atomic mass is 32.2. The normalized spacial score (nSPS) is 44.3. The fourth-order valence-electron chi connectivity index (χ4n) is 6.68. The minimum atomic E-state index is -0.314. The van der Waals surface area contributed by atoms with Crippen molar-refractivity contribution < 1.29 is 14.7 Å². The van der Waals surface area contributed by atoms with Gasteiger partial charge < -0.3 is 15.7 Å². The van der Waals surface area contributed by atoms with Crippen molar-refractivity contribution in [3.05, 3.63) is 0 Å². The molecule has 26 heavy (non-hydrogen) atoms. The van der Waals surface area contributed by atoms with Gasteiger partial charge in [-0.15, -0.1) is 0 Å². The Hall–Kier alpha value is -0.790. The molecule has 0 radical (unpaired) electrons. The third-order valence-corrected chi connectivity index (χ3v) is 7.80. The fraction of sp³-hybridized carbons (Fsp3) is 0.895. The summed E-state index contributed by atoms with van der Waals surface area (Å²) >= 11 is 1.23. The number of hydrogen-bond acceptors (Lipinski definition) is 5. The molecule has 4 aliphatic carbocycles. The van der Waals surface area contributed by atoms with Gasteiger partial charge in [0.1, 0.15) is 0 Å². The van der Waals surface area contributed by atoms with Gasteiger partial charge in [-0.25, -0.2) is 0 Å². The number of hydrogen-bond donors (Lipinski definition) is 3. The van der Waals surface area contributed by atoms with Crippen LogP contribution >= 0.6 is 11.8 Å². The number of carbonyl (C=O) groups excluding carboxylic acids is 2. The first-order valence-corrected chi connectivity index (χ1v) is 11.1. The summed E-state index contributed by atoms with van der Waals surface area (Å²) in [4.78, 5) is 27.5. The average Bonchev–Trinajstić information content (AvgIpc) is 2.92. The maximum Gasteiger partial charge on any atom is 0.279 e. The van der Waals surface area contributed by atoms with Gasteiger partial charge in [0.25, 0.3) is 5.24 Å². The Balaban J connectivity index is 1.49. The second-order valence-electron chi connectivity index (χ2n) is 9.32. The van der Waals surface area contributed by atoms with Crippen LogP contribution in [0.5, 0.6) is 0 Å². The Morgan fingerprint density at radius 2 is 1.88 bits per heavy atom. The van der Waals surface area contributed by atoms with Crippen LogP contribution in [-0.4, -0.2) is 65.2 Å². The molecular formula is C19H31N3O3S. The molecule has 7 heteroatoms. The number of rotatable bonds is 4. The van der Waals surface area contributed by atoms with Crippen molar-refractivity contribution in [2.75, 3.05) is 26.5 Å². The van der Waals surface area contributed by atoms with Gasteiger partial charge in [-0.1, -0.05) is 11.8 Å². The number of nitrogens with zero attached hydrogens (tertiary/aromatic N) is 1. The van der Waals surface area contributed by atoms with Crippen molar-refractivity contribution in [2.24, 2.45) is 17.3 Å². The number of aliphatic hydroxyl groups excluding tert-OH is 1. The van der Waals surface area contributed by atoms with Gasteiger partial charge in [0.15, 0.2) is 0 Å². The first-order valence-electron chi connectivity index (χ1n) is 9.85. The van der Waals surface area contributed by atoms with Crippen LogP contribution < -0.4 is 10.6 Å². The summed E-state index contributed by atoms with van der Waals surface area (Å²) in [7, 11) is 2.00. The number of amides is 2. The molecule has 0 aromatic carbocycles. The van der Waals surface area contributed by atoms with Gasteiger partial charge in [0.05, 0.1) is 12.0 Å². The molecule has 6 nitrogen and oxygen atoms in total. The van der Waals surface area contributed by atoms with Gasteiger partial charge in [-0.05, 0) is 70.1 Å². The predicted octanol–water partition coefficient (Wildman–Crippen LogP) is 1.58. The molecule has 5 rings (SSSR count). The lowest BCUT2D eigenvalue weighted by molar-refractivity contribution is -0.150. The van der Waals surface area contributed by atoms with E-state index in [1.165, 1.54) is 18.2 Å². The standard InChI is InChI=1S/C19H31N3O3S/c1-22-9-14(4-15(22)10-23)20-16(24)18-5-12-3-13(6-18)8-19(7-12,11-18)21-17(25)26-2/h12-15,23H,3-11H2,1-2H3,(H,20,24)(H,21,25)/t12-,13-,14-,15+,18?,19?/m1/s1. The first-order chi connectivity index (χ1) is 12.4. The topological polar surface area (TPSA) is 81.7 Å². The summed E-state index contributed by atoms with van der Waals surface area (Å²) < 4.78 is 0. The van der Waals surface area contributed by atoms with E-state index in [0.717, 1.165) is 45.1 Å². The second-order valence-corrected chi connectivity index (χ2v) is 10.1. The van der Waals surface area contributed by atoms with E-state index < -0.39 is 0 Å². The number of likely N-dealkylation sites (tertiary alicyclic amines) is 1. The molecule has 0 spiro atoms. The molecule has 1 saturated heterocycles. The number of thioether (sulfide) groups is 1. The third kappa shape index (κ3) is 3.16. The van der Waals surface area contributed by atoms with Crippen molar-refractivity contribution >= 4 is 22.9 Å². The largest absolute Gasteiger partial charge is 0.395 e. The molecule has 0 unspecified atom stereocenters. The van der Waals surface area contributed by atoms with Crippen LogP contribution in [0.4, 0.5) is 4.79 Å². The second kappa shape index (κ2) is 6.67. The molecule has 0 aromatic heterocycles. The van der Waals surface area contributed by atoms with Crippen LogP contribution in [-0.2, 0) is 4.79 Å². The molecule has 5 fully saturated rings. The number of nitrogens with one attached hydrogen (secondary N) is 2. The lowest BCUT2D eigenvalue weighted by Gasteiger charge is -2.61. The summed E-state index contributed by atoms with van der Waals surface area (Å²) in [6.45, 7) is 0.941. The molecule has 1 aliphatic heterocycles. The zero-order valence-electron chi connectivity index (χ0n) is 15.8. The lowest BCUT2D eigenvalue weighted by atomic mass is 9.46. The van der Waals surface area contributed by atoms with Crippen molar-refractivity contribution in [3.63, 3.8) is 0 Å². The van der Waals surface area contributed by atoms with Crippen molar-refractivity contribution in [1.29, 1.82) is 0 Å². The predicted molar refractivity (Wildman–Crippen MR) is 102 cm³/mol. The summed E-state index contributed by atoms with van der Waals surface area (Å²) in [5.41, 5.74) is -0.493. The molecule has 2 amide bonds. The number of carbonyl (C=O) groups is 2. The Labute approximate surface area is 159 Å². The van der Waals surface area contributed by atoms with E-state index in [2.05, 4.69) is 15.5 Å².